The molecule has 2 nitrogen and oxygen atoms in total. The Kier molecular flexibility index (Phi) is 5.25. The van der Waals surface area contributed by atoms with Gasteiger partial charge in [0, 0.05) is 18.7 Å². The molecule has 4 rings (SSSR count). The molecule has 0 N–H and O–H groups in total. The van der Waals surface area contributed by atoms with Gasteiger partial charge in [-0.3, -0.25) is 0 Å². The van der Waals surface area contributed by atoms with Gasteiger partial charge in [-0.2, -0.15) is 0 Å². The van der Waals surface area contributed by atoms with Crippen molar-refractivity contribution in [2.24, 2.45) is 0 Å². The van der Waals surface area contributed by atoms with Crippen LogP contribution in [-0.2, 0) is 13.0 Å². The summed E-state index contributed by atoms with van der Waals surface area (Å²) in [6.45, 7) is 1.09. The van der Waals surface area contributed by atoms with Gasteiger partial charge in [-0.1, -0.05) is 43.2 Å². The number of hydrogen-bond acceptors (Lipinski definition) is 2. The predicted molar refractivity (Wildman–Crippen MR) is 102 cm³/mol. The zero-order valence-corrected chi connectivity index (χ0v) is 15.1. The first-order chi connectivity index (χ1) is 12.4. The number of nitrogens with zero attached hydrogens (tertiary/aromatic N) is 1. The van der Waals surface area contributed by atoms with E-state index in [0.29, 0.717) is 6.04 Å². The molecule has 0 bridgehead atoms. The summed E-state index contributed by atoms with van der Waals surface area (Å²) in [4.78, 5) is 2.67. The quantitative estimate of drug-likeness (QED) is 0.449. The fourth-order valence-electron chi connectivity index (χ4n) is 4.31. The molecule has 2 aliphatic rings. The third-order valence-electron chi connectivity index (χ3n) is 5.68. The van der Waals surface area contributed by atoms with E-state index >= 15 is 0 Å². The molecule has 2 fully saturated rings. The van der Waals surface area contributed by atoms with Gasteiger partial charge in [0.1, 0.15) is 5.76 Å². The normalized spacial score (nSPS) is 20.2. The van der Waals surface area contributed by atoms with Crippen LogP contribution >= 0.6 is 0 Å². The summed E-state index contributed by atoms with van der Waals surface area (Å²) < 4.78 is 5.45. The first-order valence-corrected chi connectivity index (χ1v) is 9.97. The number of furan rings is 1. The number of unbranched alkanes of at least 4 members (excludes halogenated alkanes) is 1. The molecule has 0 spiro atoms. The van der Waals surface area contributed by atoms with Crippen molar-refractivity contribution in [1.29, 1.82) is 0 Å². The van der Waals surface area contributed by atoms with Gasteiger partial charge in [0.05, 0.1) is 12.3 Å². The third kappa shape index (κ3) is 4.18. The first-order valence-electron chi connectivity index (χ1n) is 9.97. The van der Waals surface area contributed by atoms with Crippen LogP contribution < -0.4 is 0 Å². The smallest absolute Gasteiger partial charge is 0.103 e. The van der Waals surface area contributed by atoms with E-state index in [1.807, 2.05) is 6.07 Å². The molecule has 2 heterocycles. The average molecular weight is 335 g/mol. The van der Waals surface area contributed by atoms with Crippen molar-refractivity contribution in [1.82, 2.24) is 4.90 Å². The van der Waals surface area contributed by atoms with Gasteiger partial charge < -0.3 is 9.32 Å². The van der Waals surface area contributed by atoms with E-state index in [9.17, 15) is 0 Å². The fourth-order valence-corrected chi connectivity index (χ4v) is 4.31. The molecule has 1 aliphatic heterocycles. The molecule has 1 aromatic carbocycles. The van der Waals surface area contributed by atoms with Gasteiger partial charge in [-0.15, -0.1) is 0 Å². The second kappa shape index (κ2) is 7.95. The van der Waals surface area contributed by atoms with Crippen LogP contribution in [0.25, 0.3) is 0 Å². The van der Waals surface area contributed by atoms with Crippen LogP contribution in [0.15, 0.2) is 64.4 Å². The van der Waals surface area contributed by atoms with E-state index in [2.05, 4.69) is 41.3 Å². The molecule has 1 atom stereocenters. The second-order valence-corrected chi connectivity index (χ2v) is 7.50. The number of rotatable bonds is 7. The Hall–Kier alpha value is -1.96. The lowest BCUT2D eigenvalue weighted by atomic mass is 9.93. The Morgan fingerprint density at radius 2 is 1.76 bits per heavy atom. The summed E-state index contributed by atoms with van der Waals surface area (Å²) in [5.74, 6) is 1.13. The Morgan fingerprint density at radius 1 is 0.920 bits per heavy atom. The van der Waals surface area contributed by atoms with Gasteiger partial charge in [-0.05, 0) is 61.8 Å². The van der Waals surface area contributed by atoms with E-state index in [1.165, 1.54) is 56.9 Å². The Balaban J connectivity index is 1.35. The summed E-state index contributed by atoms with van der Waals surface area (Å²) in [5.41, 5.74) is 4.90. The van der Waals surface area contributed by atoms with Gasteiger partial charge in [-0.25, -0.2) is 0 Å². The summed E-state index contributed by atoms with van der Waals surface area (Å²) in [7, 11) is 0. The zero-order chi connectivity index (χ0) is 16.9. The molecule has 1 aliphatic carbocycles. The molecule has 1 saturated heterocycles. The fraction of sp³-hybridized carbons (Fsp3) is 0.478. The van der Waals surface area contributed by atoms with Gasteiger partial charge in [0.15, 0.2) is 0 Å². The molecular formula is C23H29NO. The van der Waals surface area contributed by atoms with Crippen molar-refractivity contribution in [3.63, 3.8) is 0 Å². The predicted octanol–water partition coefficient (Wildman–Crippen LogP) is 6.10. The first kappa shape index (κ1) is 16.5. The minimum absolute atomic E-state index is 0.699. The van der Waals surface area contributed by atoms with Crippen LogP contribution in [0.5, 0.6) is 0 Å². The molecule has 0 unspecified atom stereocenters. The molecule has 1 aromatic heterocycles. The topological polar surface area (TPSA) is 16.1 Å². The maximum atomic E-state index is 5.45. The third-order valence-corrected chi connectivity index (χ3v) is 5.68. The van der Waals surface area contributed by atoms with Crippen molar-refractivity contribution in [3.05, 3.63) is 71.3 Å². The molecule has 2 heteroatoms. The lowest BCUT2D eigenvalue weighted by molar-refractivity contribution is 0.467. The van der Waals surface area contributed by atoms with Crippen LogP contribution in [-0.4, -0.2) is 10.9 Å². The number of hydrogen-bond donors (Lipinski definition) is 0. The van der Waals surface area contributed by atoms with Crippen LogP contribution in [0.3, 0.4) is 0 Å². The van der Waals surface area contributed by atoms with Crippen molar-refractivity contribution in [2.45, 2.75) is 70.4 Å². The maximum Gasteiger partial charge on any atom is 0.103 e. The molecular weight excluding hydrogens is 306 g/mol. The second-order valence-electron chi connectivity index (χ2n) is 7.50. The summed E-state index contributed by atoms with van der Waals surface area (Å²) in [6, 6.07) is 15.7. The highest BCUT2D eigenvalue weighted by Crippen LogP contribution is 2.44. The monoisotopic (exact) mass is 335 g/mol. The van der Waals surface area contributed by atoms with Gasteiger partial charge in [0.25, 0.3) is 0 Å². The lowest BCUT2D eigenvalue weighted by Crippen LogP contribution is -2.02. The Bertz CT molecular complexity index is 678. The van der Waals surface area contributed by atoms with Crippen LogP contribution in [0.1, 0.15) is 62.7 Å². The molecule has 132 valence electrons. The number of allylic oxidation sites excluding steroid dienone is 1. The Morgan fingerprint density at radius 3 is 2.52 bits per heavy atom. The average Bonchev–Trinajstić information content (AvgIpc) is 3.07. The van der Waals surface area contributed by atoms with Crippen LogP contribution in [0.2, 0.25) is 0 Å². The highest BCUT2D eigenvalue weighted by molar-refractivity contribution is 5.35. The van der Waals surface area contributed by atoms with Gasteiger partial charge >= 0.3 is 0 Å². The van der Waals surface area contributed by atoms with E-state index < -0.39 is 0 Å². The van der Waals surface area contributed by atoms with E-state index in [1.54, 1.807) is 17.5 Å². The lowest BCUT2D eigenvalue weighted by Gasteiger charge is -2.13. The highest BCUT2D eigenvalue weighted by atomic mass is 16.3. The maximum absolute atomic E-state index is 5.45. The standard InChI is InChI=1S/C23H29NO/c1-3-10-19(11-4-1)18-24-22(23(24)20-12-5-2-6-13-20)16-8-7-14-21-15-9-17-25-21/h1,3-4,9-11,15,17,22H,2,5-8,12-14,16,18H2/t22-,24?/m1/s1. The zero-order valence-electron chi connectivity index (χ0n) is 15.1. The van der Waals surface area contributed by atoms with E-state index in [-0.39, 0.29) is 0 Å². The molecule has 0 amide bonds. The number of benzene rings is 1. The largest absolute Gasteiger partial charge is 0.469 e. The number of aryl methyl sites for hydroxylation is 1. The molecule has 1 saturated carbocycles. The van der Waals surface area contributed by atoms with Crippen molar-refractivity contribution in [2.75, 3.05) is 0 Å². The van der Waals surface area contributed by atoms with Gasteiger partial charge in [0.2, 0.25) is 0 Å². The van der Waals surface area contributed by atoms with Crippen molar-refractivity contribution >= 4 is 0 Å². The van der Waals surface area contributed by atoms with Crippen LogP contribution in [0, 0.1) is 0 Å². The SMILES string of the molecule is c1ccc(CN2C(=C3CCCCC3)[C@H]2CCCCc2ccco2)cc1. The molecule has 2 aromatic rings. The van der Waals surface area contributed by atoms with Crippen molar-refractivity contribution in [3.8, 4) is 0 Å². The molecule has 25 heavy (non-hydrogen) atoms. The van der Waals surface area contributed by atoms with E-state index in [0.717, 1.165) is 18.7 Å². The summed E-state index contributed by atoms with van der Waals surface area (Å²) in [5, 5.41) is 0. The highest BCUT2D eigenvalue weighted by Gasteiger charge is 2.41. The van der Waals surface area contributed by atoms with Crippen molar-refractivity contribution < 1.29 is 4.42 Å². The summed E-state index contributed by atoms with van der Waals surface area (Å²) in [6.07, 6.45) is 13.5. The summed E-state index contributed by atoms with van der Waals surface area (Å²) >= 11 is 0. The Labute approximate surface area is 151 Å². The van der Waals surface area contributed by atoms with Crippen LogP contribution in [0.4, 0.5) is 0 Å². The minimum Gasteiger partial charge on any atom is -0.469 e. The molecule has 0 radical (unpaired) electrons. The minimum atomic E-state index is 0.699. The van der Waals surface area contributed by atoms with E-state index in [4.69, 9.17) is 4.42 Å².